The molecule has 0 bridgehead atoms. The van der Waals surface area contributed by atoms with Crippen LogP contribution in [0.15, 0.2) is 12.1 Å². The Kier molecular flexibility index (Phi) is 3.22. The van der Waals surface area contributed by atoms with E-state index < -0.39 is 11.6 Å². The molecule has 0 saturated heterocycles. The molecule has 1 atom stereocenters. The average Bonchev–Trinajstić information content (AvgIpc) is 2.12. The molecule has 0 aliphatic heterocycles. The Balaban J connectivity index is 3.25. The first-order chi connectivity index (χ1) is 6.07. The summed E-state index contributed by atoms with van der Waals surface area (Å²) in [5.74, 6) is -1.09. The highest BCUT2D eigenvalue weighted by molar-refractivity contribution is 6.31. The van der Waals surface area contributed by atoms with Gasteiger partial charge in [-0.3, -0.25) is 0 Å². The number of rotatable bonds is 2. The predicted molar refractivity (Wildman–Crippen MR) is 48.8 cm³/mol. The lowest BCUT2D eigenvalue weighted by Crippen LogP contribution is -2.14. The lowest BCUT2D eigenvalue weighted by Gasteiger charge is -2.13. The molecule has 1 nitrogen and oxygen atoms in total. The van der Waals surface area contributed by atoms with Crippen molar-refractivity contribution in [1.82, 2.24) is 5.32 Å². The molecule has 0 spiro atoms. The van der Waals surface area contributed by atoms with Gasteiger partial charge in [0.05, 0.1) is 5.02 Å². The monoisotopic (exact) mass is 205 g/mol. The van der Waals surface area contributed by atoms with E-state index in [1.165, 1.54) is 0 Å². The summed E-state index contributed by atoms with van der Waals surface area (Å²) < 4.78 is 26.1. The Labute approximate surface area is 80.7 Å². The molecule has 0 amide bonds. The average molecular weight is 206 g/mol. The number of benzene rings is 1. The lowest BCUT2D eigenvalue weighted by atomic mass is 10.1. The molecule has 1 N–H and O–H groups in total. The van der Waals surface area contributed by atoms with Gasteiger partial charge in [-0.05, 0) is 26.1 Å². The molecule has 1 aromatic carbocycles. The molecular formula is C9H10ClF2N. The van der Waals surface area contributed by atoms with Crippen LogP contribution in [0.3, 0.4) is 0 Å². The molecule has 0 heterocycles. The minimum Gasteiger partial charge on any atom is -0.313 e. The normalized spacial score (nSPS) is 13.0. The third-order valence-corrected chi connectivity index (χ3v) is 2.33. The summed E-state index contributed by atoms with van der Waals surface area (Å²) in [6.45, 7) is 1.71. The Morgan fingerprint density at radius 2 is 1.85 bits per heavy atom. The van der Waals surface area contributed by atoms with E-state index in [9.17, 15) is 8.78 Å². The molecule has 13 heavy (non-hydrogen) atoms. The smallest absolute Gasteiger partial charge is 0.142 e. The first-order valence-corrected chi connectivity index (χ1v) is 4.26. The molecule has 0 aliphatic rings. The van der Waals surface area contributed by atoms with E-state index in [4.69, 9.17) is 11.6 Å². The molecule has 0 saturated carbocycles. The van der Waals surface area contributed by atoms with Crippen LogP contribution in [0.5, 0.6) is 0 Å². The zero-order valence-corrected chi connectivity index (χ0v) is 8.12. The van der Waals surface area contributed by atoms with Crippen molar-refractivity contribution in [3.8, 4) is 0 Å². The van der Waals surface area contributed by atoms with E-state index in [2.05, 4.69) is 5.32 Å². The van der Waals surface area contributed by atoms with Gasteiger partial charge in [0.25, 0.3) is 0 Å². The van der Waals surface area contributed by atoms with Crippen molar-refractivity contribution in [1.29, 1.82) is 0 Å². The van der Waals surface area contributed by atoms with Crippen molar-refractivity contribution in [2.45, 2.75) is 13.0 Å². The summed E-state index contributed by atoms with van der Waals surface area (Å²) in [6, 6.07) is 1.79. The zero-order chi connectivity index (χ0) is 10.0. The Bertz CT molecular complexity index is 315. The molecule has 0 aromatic heterocycles. The van der Waals surface area contributed by atoms with Gasteiger partial charge in [-0.25, -0.2) is 8.78 Å². The number of nitrogens with one attached hydrogen (secondary N) is 1. The van der Waals surface area contributed by atoms with Gasteiger partial charge in [0.2, 0.25) is 0 Å². The van der Waals surface area contributed by atoms with Crippen molar-refractivity contribution in [2.75, 3.05) is 7.05 Å². The SMILES string of the molecule is CN[C@@H](C)c1c(F)ccc(F)c1Cl. The highest BCUT2D eigenvalue weighted by Crippen LogP contribution is 2.27. The predicted octanol–water partition coefficient (Wildman–Crippen LogP) is 2.90. The fraction of sp³-hybridized carbons (Fsp3) is 0.333. The summed E-state index contributed by atoms with van der Waals surface area (Å²) in [4.78, 5) is 0. The minimum absolute atomic E-state index is 0.151. The van der Waals surface area contributed by atoms with Crippen LogP contribution in [0.1, 0.15) is 18.5 Å². The van der Waals surface area contributed by atoms with Gasteiger partial charge >= 0.3 is 0 Å². The van der Waals surface area contributed by atoms with Crippen LogP contribution in [0.25, 0.3) is 0 Å². The van der Waals surface area contributed by atoms with Crippen LogP contribution >= 0.6 is 11.6 Å². The van der Waals surface area contributed by atoms with Gasteiger partial charge in [0.15, 0.2) is 0 Å². The molecular weight excluding hydrogens is 196 g/mol. The number of halogens is 3. The van der Waals surface area contributed by atoms with E-state index in [1.807, 2.05) is 0 Å². The third kappa shape index (κ3) is 1.98. The molecule has 0 fully saturated rings. The summed E-state index contributed by atoms with van der Waals surface area (Å²) in [5, 5.41) is 2.65. The van der Waals surface area contributed by atoms with Crippen LogP contribution in [0, 0.1) is 11.6 Å². The molecule has 72 valence electrons. The fourth-order valence-electron chi connectivity index (χ4n) is 1.08. The van der Waals surface area contributed by atoms with Gasteiger partial charge < -0.3 is 5.32 Å². The molecule has 4 heteroatoms. The summed E-state index contributed by atoms with van der Waals surface area (Å²) >= 11 is 5.62. The lowest BCUT2D eigenvalue weighted by molar-refractivity contribution is 0.547. The van der Waals surface area contributed by atoms with Crippen LogP contribution in [-0.4, -0.2) is 7.05 Å². The molecule has 1 aromatic rings. The highest BCUT2D eigenvalue weighted by Gasteiger charge is 2.16. The van der Waals surface area contributed by atoms with Crippen molar-refractivity contribution in [3.05, 3.63) is 34.4 Å². The first-order valence-electron chi connectivity index (χ1n) is 3.88. The second kappa shape index (κ2) is 4.03. The van der Waals surface area contributed by atoms with Crippen molar-refractivity contribution in [3.63, 3.8) is 0 Å². The quantitative estimate of drug-likeness (QED) is 0.733. The molecule has 0 aliphatic carbocycles. The topological polar surface area (TPSA) is 12.0 Å². The largest absolute Gasteiger partial charge is 0.313 e. The second-order valence-corrected chi connectivity index (χ2v) is 3.15. The summed E-state index contributed by atoms with van der Waals surface area (Å²) in [5.41, 5.74) is 0.171. The number of hydrogen-bond acceptors (Lipinski definition) is 1. The zero-order valence-electron chi connectivity index (χ0n) is 7.37. The summed E-state index contributed by atoms with van der Waals surface area (Å²) in [6.07, 6.45) is 0. The Hall–Kier alpha value is -0.670. The van der Waals surface area contributed by atoms with Gasteiger partial charge in [-0.1, -0.05) is 11.6 Å². The summed E-state index contributed by atoms with van der Waals surface area (Å²) in [7, 11) is 1.66. The van der Waals surface area contributed by atoms with Gasteiger partial charge in [-0.2, -0.15) is 0 Å². The van der Waals surface area contributed by atoms with E-state index in [0.29, 0.717) is 0 Å². The number of hydrogen-bond donors (Lipinski definition) is 1. The van der Waals surface area contributed by atoms with Gasteiger partial charge in [0, 0.05) is 11.6 Å². The first kappa shape index (κ1) is 10.4. The minimum atomic E-state index is -0.597. The van der Waals surface area contributed by atoms with Crippen molar-refractivity contribution in [2.24, 2.45) is 0 Å². The molecule has 0 unspecified atom stereocenters. The second-order valence-electron chi connectivity index (χ2n) is 2.77. The Morgan fingerprint density at radius 1 is 1.31 bits per heavy atom. The van der Waals surface area contributed by atoms with Crippen LogP contribution in [-0.2, 0) is 0 Å². The fourth-order valence-corrected chi connectivity index (χ4v) is 1.40. The maximum Gasteiger partial charge on any atom is 0.142 e. The standard InChI is InChI=1S/C9H10ClF2N/c1-5(13-2)8-6(11)3-4-7(12)9(8)10/h3-5,13H,1-2H3/t5-/m0/s1. The third-order valence-electron chi connectivity index (χ3n) is 1.95. The van der Waals surface area contributed by atoms with E-state index in [1.54, 1.807) is 14.0 Å². The van der Waals surface area contributed by atoms with E-state index in [0.717, 1.165) is 12.1 Å². The maximum atomic E-state index is 13.2. The highest BCUT2D eigenvalue weighted by atomic mass is 35.5. The van der Waals surface area contributed by atoms with Crippen LogP contribution in [0.4, 0.5) is 8.78 Å². The molecule has 1 rings (SSSR count). The van der Waals surface area contributed by atoms with E-state index in [-0.39, 0.29) is 16.6 Å². The van der Waals surface area contributed by atoms with Crippen LogP contribution in [0.2, 0.25) is 5.02 Å². The molecule has 0 radical (unpaired) electrons. The Morgan fingerprint density at radius 3 is 2.38 bits per heavy atom. The van der Waals surface area contributed by atoms with Crippen LogP contribution < -0.4 is 5.32 Å². The van der Waals surface area contributed by atoms with Crippen molar-refractivity contribution < 1.29 is 8.78 Å². The van der Waals surface area contributed by atoms with E-state index >= 15 is 0 Å². The van der Waals surface area contributed by atoms with Gasteiger partial charge in [0.1, 0.15) is 11.6 Å². The maximum absolute atomic E-state index is 13.2. The van der Waals surface area contributed by atoms with Gasteiger partial charge in [-0.15, -0.1) is 0 Å². The van der Waals surface area contributed by atoms with Crippen molar-refractivity contribution >= 4 is 11.6 Å².